The van der Waals surface area contributed by atoms with E-state index in [9.17, 15) is 13.2 Å². The highest BCUT2D eigenvalue weighted by atomic mass is 19.2. The van der Waals surface area contributed by atoms with E-state index >= 15 is 0 Å². The molecule has 1 heterocycles. The van der Waals surface area contributed by atoms with E-state index in [-0.39, 0.29) is 11.3 Å². The Bertz CT molecular complexity index is 419. The summed E-state index contributed by atoms with van der Waals surface area (Å²) in [6.45, 7) is 1.16. The first-order chi connectivity index (χ1) is 8.65. The van der Waals surface area contributed by atoms with Gasteiger partial charge in [-0.3, -0.25) is 4.90 Å². The number of nitrogens with zero attached hydrogens (tertiary/aromatic N) is 1. The van der Waals surface area contributed by atoms with E-state index in [1.54, 1.807) is 0 Å². The highest BCUT2D eigenvalue weighted by molar-refractivity contribution is 5.32. The second-order valence-corrected chi connectivity index (χ2v) is 4.42. The molecule has 2 nitrogen and oxygen atoms in total. The summed E-state index contributed by atoms with van der Waals surface area (Å²) >= 11 is 0. The van der Waals surface area contributed by atoms with E-state index in [0.717, 1.165) is 19.3 Å². The van der Waals surface area contributed by atoms with Gasteiger partial charge in [-0.15, -0.1) is 0 Å². The van der Waals surface area contributed by atoms with Gasteiger partial charge in [-0.1, -0.05) is 6.42 Å². The standard InChI is InChI=1S/C13H16F3NO/c1-18-10-6-5-9(11(14)12(10)15)13(16)17-7-3-2-4-8-17/h5-6,13H,2-4,7-8H2,1H3. The number of piperidine rings is 1. The molecule has 1 unspecified atom stereocenters. The summed E-state index contributed by atoms with van der Waals surface area (Å²) in [7, 11) is 1.25. The first-order valence-corrected chi connectivity index (χ1v) is 6.05. The van der Waals surface area contributed by atoms with E-state index in [2.05, 4.69) is 4.74 Å². The van der Waals surface area contributed by atoms with Gasteiger partial charge in [-0.2, -0.15) is 4.39 Å². The van der Waals surface area contributed by atoms with Gasteiger partial charge in [0.1, 0.15) is 0 Å². The predicted molar refractivity (Wildman–Crippen MR) is 62.2 cm³/mol. The van der Waals surface area contributed by atoms with Crippen molar-refractivity contribution in [2.45, 2.75) is 25.6 Å². The Labute approximate surface area is 104 Å². The first kappa shape index (κ1) is 13.2. The third kappa shape index (κ3) is 2.46. The molecule has 0 N–H and O–H groups in total. The maximum Gasteiger partial charge on any atom is 0.201 e. The van der Waals surface area contributed by atoms with Crippen molar-refractivity contribution in [1.82, 2.24) is 4.90 Å². The van der Waals surface area contributed by atoms with Crippen LogP contribution in [-0.4, -0.2) is 25.1 Å². The van der Waals surface area contributed by atoms with Crippen LogP contribution in [0.5, 0.6) is 5.75 Å². The fourth-order valence-corrected chi connectivity index (χ4v) is 2.23. The summed E-state index contributed by atoms with van der Waals surface area (Å²) in [4.78, 5) is 1.54. The van der Waals surface area contributed by atoms with Gasteiger partial charge in [0.2, 0.25) is 5.82 Å². The molecule has 1 aromatic rings. The van der Waals surface area contributed by atoms with Crippen molar-refractivity contribution in [3.05, 3.63) is 29.3 Å². The van der Waals surface area contributed by atoms with Crippen molar-refractivity contribution >= 4 is 0 Å². The minimum Gasteiger partial charge on any atom is -0.494 e. The number of likely N-dealkylation sites (tertiary alicyclic amines) is 1. The van der Waals surface area contributed by atoms with Crippen molar-refractivity contribution in [3.63, 3.8) is 0 Å². The van der Waals surface area contributed by atoms with Gasteiger partial charge in [0.15, 0.2) is 17.9 Å². The Morgan fingerprint density at radius 1 is 1.11 bits per heavy atom. The van der Waals surface area contributed by atoms with Crippen molar-refractivity contribution in [1.29, 1.82) is 0 Å². The minimum atomic E-state index is -1.59. The maximum absolute atomic E-state index is 14.2. The smallest absolute Gasteiger partial charge is 0.201 e. The largest absolute Gasteiger partial charge is 0.494 e. The van der Waals surface area contributed by atoms with Gasteiger partial charge in [0.05, 0.1) is 7.11 Å². The maximum atomic E-state index is 14.2. The van der Waals surface area contributed by atoms with Gasteiger partial charge >= 0.3 is 0 Å². The molecule has 5 heteroatoms. The summed E-state index contributed by atoms with van der Waals surface area (Å²) in [6, 6.07) is 2.50. The van der Waals surface area contributed by atoms with Gasteiger partial charge in [-0.05, 0) is 25.0 Å². The zero-order valence-electron chi connectivity index (χ0n) is 10.3. The zero-order chi connectivity index (χ0) is 13.1. The molecule has 0 spiro atoms. The summed E-state index contributed by atoms with van der Waals surface area (Å²) in [5.41, 5.74) is -0.254. The molecule has 0 aromatic heterocycles. The molecule has 1 saturated heterocycles. The molecule has 0 radical (unpaired) electrons. The highest BCUT2D eigenvalue weighted by Crippen LogP contribution is 2.31. The third-order valence-corrected chi connectivity index (χ3v) is 3.26. The number of alkyl halides is 1. The van der Waals surface area contributed by atoms with Crippen LogP contribution >= 0.6 is 0 Å². The van der Waals surface area contributed by atoms with Crippen LogP contribution in [0.25, 0.3) is 0 Å². The summed E-state index contributed by atoms with van der Waals surface area (Å²) in [5, 5.41) is 0. The number of halogens is 3. The minimum absolute atomic E-state index is 0.206. The highest BCUT2D eigenvalue weighted by Gasteiger charge is 2.26. The van der Waals surface area contributed by atoms with Crippen LogP contribution in [0.15, 0.2) is 12.1 Å². The van der Waals surface area contributed by atoms with E-state index in [1.807, 2.05) is 0 Å². The molecule has 0 amide bonds. The van der Waals surface area contributed by atoms with Crippen LogP contribution < -0.4 is 4.74 Å². The molecule has 18 heavy (non-hydrogen) atoms. The molecular weight excluding hydrogens is 243 g/mol. The summed E-state index contributed by atoms with van der Waals surface area (Å²) < 4.78 is 46.1. The number of methoxy groups -OCH3 is 1. The Hall–Kier alpha value is -1.23. The van der Waals surface area contributed by atoms with Crippen LogP contribution in [0.4, 0.5) is 13.2 Å². The van der Waals surface area contributed by atoms with Crippen LogP contribution in [0.1, 0.15) is 31.1 Å². The summed E-state index contributed by atoms with van der Waals surface area (Å²) in [5.74, 6) is -2.50. The lowest BCUT2D eigenvalue weighted by molar-refractivity contribution is 0.0600. The average Bonchev–Trinajstić information content (AvgIpc) is 2.42. The Balaban J connectivity index is 2.24. The molecule has 1 aliphatic heterocycles. The second kappa shape index (κ2) is 5.61. The van der Waals surface area contributed by atoms with Gasteiger partial charge in [0, 0.05) is 18.7 Å². The molecule has 0 saturated carbocycles. The molecular formula is C13H16F3NO. The molecule has 1 aromatic carbocycles. The predicted octanol–water partition coefficient (Wildman–Crippen LogP) is 3.43. The number of hydrogen-bond acceptors (Lipinski definition) is 2. The molecule has 100 valence electrons. The fraction of sp³-hybridized carbons (Fsp3) is 0.538. The lowest BCUT2D eigenvalue weighted by Gasteiger charge is -2.30. The van der Waals surface area contributed by atoms with Gasteiger partial charge < -0.3 is 4.74 Å². The summed E-state index contributed by atoms with van der Waals surface area (Å²) in [6.07, 6.45) is 1.25. The molecule has 2 rings (SSSR count). The molecule has 1 aliphatic rings. The normalized spacial score (nSPS) is 18.7. The quantitative estimate of drug-likeness (QED) is 0.771. The Morgan fingerprint density at radius 2 is 1.78 bits per heavy atom. The second-order valence-electron chi connectivity index (χ2n) is 4.42. The van der Waals surface area contributed by atoms with Crippen LogP contribution in [-0.2, 0) is 0 Å². The SMILES string of the molecule is COc1ccc(C(F)N2CCCCC2)c(F)c1F. The Morgan fingerprint density at radius 3 is 2.39 bits per heavy atom. The number of benzene rings is 1. The van der Waals surface area contributed by atoms with E-state index in [1.165, 1.54) is 24.1 Å². The van der Waals surface area contributed by atoms with Crippen molar-refractivity contribution < 1.29 is 17.9 Å². The monoisotopic (exact) mass is 259 g/mol. The molecule has 1 atom stereocenters. The lowest BCUT2D eigenvalue weighted by Crippen LogP contribution is -2.32. The lowest BCUT2D eigenvalue weighted by atomic mass is 10.1. The number of ether oxygens (including phenoxy) is 1. The molecule has 0 aliphatic carbocycles. The third-order valence-electron chi connectivity index (χ3n) is 3.26. The molecule has 1 fully saturated rings. The van der Waals surface area contributed by atoms with E-state index < -0.39 is 17.9 Å². The Kier molecular flexibility index (Phi) is 4.11. The van der Waals surface area contributed by atoms with Crippen LogP contribution in [0.3, 0.4) is 0 Å². The number of hydrogen-bond donors (Lipinski definition) is 0. The average molecular weight is 259 g/mol. The van der Waals surface area contributed by atoms with Gasteiger partial charge in [-0.25, -0.2) is 8.78 Å². The topological polar surface area (TPSA) is 12.5 Å². The van der Waals surface area contributed by atoms with Crippen molar-refractivity contribution in [3.8, 4) is 5.75 Å². The van der Waals surface area contributed by atoms with Crippen LogP contribution in [0, 0.1) is 11.6 Å². The van der Waals surface area contributed by atoms with Crippen molar-refractivity contribution in [2.75, 3.05) is 20.2 Å². The van der Waals surface area contributed by atoms with Gasteiger partial charge in [0.25, 0.3) is 0 Å². The van der Waals surface area contributed by atoms with E-state index in [0.29, 0.717) is 13.1 Å². The molecule has 0 bridgehead atoms. The first-order valence-electron chi connectivity index (χ1n) is 6.05. The van der Waals surface area contributed by atoms with Crippen LogP contribution in [0.2, 0.25) is 0 Å². The number of rotatable bonds is 3. The fourth-order valence-electron chi connectivity index (χ4n) is 2.23. The zero-order valence-corrected chi connectivity index (χ0v) is 10.3. The van der Waals surface area contributed by atoms with Crippen molar-refractivity contribution in [2.24, 2.45) is 0 Å². The van der Waals surface area contributed by atoms with E-state index in [4.69, 9.17) is 0 Å².